The number of hydrogen-bond donors (Lipinski definition) is 1. The summed E-state index contributed by atoms with van der Waals surface area (Å²) in [6, 6.07) is 0.595. The Morgan fingerprint density at radius 2 is 1.82 bits per heavy atom. The van der Waals surface area contributed by atoms with E-state index in [1.807, 2.05) is 0 Å². The lowest BCUT2D eigenvalue weighted by molar-refractivity contribution is 0.268. The first-order chi connectivity index (χ1) is 7.89. The summed E-state index contributed by atoms with van der Waals surface area (Å²) in [6.07, 6.45) is 2.26. The van der Waals surface area contributed by atoms with Gasteiger partial charge in [0.2, 0.25) is 0 Å². The molecule has 0 aromatic carbocycles. The third kappa shape index (κ3) is 9.56. The SMILES string of the molecule is CCS(=O)(=O)CCNCCCCN(C)C(C)C. The van der Waals surface area contributed by atoms with Crippen molar-refractivity contribution in [2.45, 2.75) is 39.7 Å². The van der Waals surface area contributed by atoms with Gasteiger partial charge in [-0.25, -0.2) is 8.42 Å². The zero-order chi connectivity index (χ0) is 13.3. The van der Waals surface area contributed by atoms with Crippen LogP contribution < -0.4 is 5.32 Å². The highest BCUT2D eigenvalue weighted by molar-refractivity contribution is 7.91. The smallest absolute Gasteiger partial charge is 0.151 e. The van der Waals surface area contributed by atoms with Crippen molar-refractivity contribution in [1.82, 2.24) is 10.2 Å². The van der Waals surface area contributed by atoms with E-state index in [0.717, 1.165) is 25.9 Å². The summed E-state index contributed by atoms with van der Waals surface area (Å²) in [5.74, 6) is 0.503. The first kappa shape index (κ1) is 16.9. The number of nitrogens with zero attached hydrogens (tertiary/aromatic N) is 1. The predicted octanol–water partition coefficient (Wildman–Crippen LogP) is 1.13. The largest absolute Gasteiger partial charge is 0.316 e. The van der Waals surface area contributed by atoms with Gasteiger partial charge in [-0.1, -0.05) is 6.92 Å². The highest BCUT2D eigenvalue weighted by Crippen LogP contribution is 1.97. The molecule has 0 fully saturated rings. The molecular weight excluding hydrogens is 236 g/mol. The van der Waals surface area contributed by atoms with Crippen molar-refractivity contribution in [1.29, 1.82) is 0 Å². The Balaban J connectivity index is 3.36. The summed E-state index contributed by atoms with van der Waals surface area (Å²) in [6.45, 7) is 8.66. The van der Waals surface area contributed by atoms with Crippen molar-refractivity contribution in [3.63, 3.8) is 0 Å². The monoisotopic (exact) mass is 264 g/mol. The van der Waals surface area contributed by atoms with E-state index >= 15 is 0 Å². The third-order valence-corrected chi connectivity index (χ3v) is 4.73. The number of nitrogens with one attached hydrogen (secondary N) is 1. The van der Waals surface area contributed by atoms with Gasteiger partial charge in [0.15, 0.2) is 9.84 Å². The van der Waals surface area contributed by atoms with Crippen LogP contribution in [0.2, 0.25) is 0 Å². The zero-order valence-electron chi connectivity index (χ0n) is 11.7. The molecule has 0 aromatic heterocycles. The molecule has 0 aliphatic carbocycles. The first-order valence-corrected chi connectivity index (χ1v) is 8.32. The quantitative estimate of drug-likeness (QED) is 0.601. The molecule has 0 bridgehead atoms. The normalized spacial score (nSPS) is 12.6. The van der Waals surface area contributed by atoms with Crippen molar-refractivity contribution in [2.24, 2.45) is 0 Å². The molecule has 0 rings (SSSR count). The second-order valence-corrected chi connectivity index (χ2v) is 7.24. The molecule has 0 unspecified atom stereocenters. The minimum absolute atomic E-state index is 0.244. The van der Waals surface area contributed by atoms with Crippen LogP contribution in [0.4, 0.5) is 0 Å². The molecule has 0 atom stereocenters. The van der Waals surface area contributed by atoms with Gasteiger partial charge in [0.05, 0.1) is 5.75 Å². The average Bonchev–Trinajstić information content (AvgIpc) is 2.27. The van der Waals surface area contributed by atoms with Gasteiger partial charge in [-0.05, 0) is 46.8 Å². The Labute approximate surface area is 107 Å². The molecule has 0 saturated heterocycles. The maximum absolute atomic E-state index is 11.2. The van der Waals surface area contributed by atoms with Gasteiger partial charge in [0.1, 0.15) is 0 Å². The van der Waals surface area contributed by atoms with Crippen LogP contribution in [0.1, 0.15) is 33.6 Å². The molecule has 0 heterocycles. The summed E-state index contributed by atoms with van der Waals surface area (Å²) in [4.78, 5) is 2.32. The molecular formula is C12H28N2O2S. The van der Waals surface area contributed by atoms with E-state index in [4.69, 9.17) is 0 Å². The Morgan fingerprint density at radius 3 is 2.35 bits per heavy atom. The summed E-state index contributed by atoms with van der Waals surface area (Å²) in [5, 5.41) is 3.18. The molecule has 0 aliphatic heterocycles. The fraction of sp³-hybridized carbons (Fsp3) is 1.00. The predicted molar refractivity (Wildman–Crippen MR) is 74.2 cm³/mol. The van der Waals surface area contributed by atoms with Crippen molar-refractivity contribution in [3.05, 3.63) is 0 Å². The standard InChI is InChI=1S/C12H28N2O2S/c1-5-17(15,16)11-9-13-8-6-7-10-14(4)12(2)3/h12-13H,5-11H2,1-4H3. The minimum Gasteiger partial charge on any atom is -0.316 e. The van der Waals surface area contributed by atoms with Crippen molar-refractivity contribution < 1.29 is 8.42 Å². The van der Waals surface area contributed by atoms with Crippen LogP contribution in [0.15, 0.2) is 0 Å². The molecule has 4 nitrogen and oxygen atoms in total. The molecule has 0 aromatic rings. The Bertz CT molecular complexity index is 276. The molecule has 17 heavy (non-hydrogen) atoms. The van der Waals surface area contributed by atoms with E-state index < -0.39 is 9.84 Å². The molecule has 0 radical (unpaired) electrons. The van der Waals surface area contributed by atoms with E-state index in [9.17, 15) is 8.42 Å². The number of sulfone groups is 1. The molecule has 1 N–H and O–H groups in total. The second kappa shape index (κ2) is 8.89. The van der Waals surface area contributed by atoms with E-state index in [1.165, 1.54) is 0 Å². The highest BCUT2D eigenvalue weighted by atomic mass is 32.2. The van der Waals surface area contributed by atoms with Crippen LogP contribution in [0.3, 0.4) is 0 Å². The van der Waals surface area contributed by atoms with E-state index in [1.54, 1.807) is 6.92 Å². The Hall–Kier alpha value is -0.130. The maximum Gasteiger partial charge on any atom is 0.151 e. The fourth-order valence-corrected chi connectivity index (χ4v) is 2.11. The molecule has 0 amide bonds. The van der Waals surface area contributed by atoms with Crippen molar-refractivity contribution in [2.75, 3.05) is 38.2 Å². The molecule has 0 aliphatic rings. The van der Waals surface area contributed by atoms with Gasteiger partial charge in [-0.2, -0.15) is 0 Å². The van der Waals surface area contributed by atoms with Crippen LogP contribution in [0.5, 0.6) is 0 Å². The number of rotatable bonds is 10. The number of unbranched alkanes of at least 4 members (excludes halogenated alkanes) is 1. The van der Waals surface area contributed by atoms with Gasteiger partial charge in [-0.15, -0.1) is 0 Å². The van der Waals surface area contributed by atoms with Crippen LogP contribution in [-0.2, 0) is 9.84 Å². The number of hydrogen-bond acceptors (Lipinski definition) is 4. The lowest BCUT2D eigenvalue weighted by Crippen LogP contribution is -2.28. The van der Waals surface area contributed by atoms with Gasteiger partial charge < -0.3 is 10.2 Å². The zero-order valence-corrected chi connectivity index (χ0v) is 12.5. The van der Waals surface area contributed by atoms with Crippen molar-refractivity contribution >= 4 is 9.84 Å². The summed E-state index contributed by atoms with van der Waals surface area (Å²) in [7, 11) is -0.677. The lowest BCUT2D eigenvalue weighted by atomic mass is 10.2. The van der Waals surface area contributed by atoms with E-state index in [0.29, 0.717) is 12.6 Å². The third-order valence-electron chi connectivity index (χ3n) is 3.03. The molecule has 104 valence electrons. The fourth-order valence-electron chi connectivity index (χ4n) is 1.37. The maximum atomic E-state index is 11.2. The summed E-state index contributed by atoms with van der Waals surface area (Å²) >= 11 is 0. The molecule has 0 spiro atoms. The van der Waals surface area contributed by atoms with Crippen LogP contribution in [0.25, 0.3) is 0 Å². The van der Waals surface area contributed by atoms with E-state index in [2.05, 4.69) is 31.1 Å². The molecule has 5 heteroatoms. The average molecular weight is 264 g/mol. The van der Waals surface area contributed by atoms with Crippen molar-refractivity contribution in [3.8, 4) is 0 Å². The van der Waals surface area contributed by atoms with Gasteiger partial charge in [-0.3, -0.25) is 0 Å². The first-order valence-electron chi connectivity index (χ1n) is 6.50. The Kier molecular flexibility index (Phi) is 8.82. The van der Waals surface area contributed by atoms with Gasteiger partial charge in [0.25, 0.3) is 0 Å². The topological polar surface area (TPSA) is 49.4 Å². The van der Waals surface area contributed by atoms with Crippen LogP contribution >= 0.6 is 0 Å². The minimum atomic E-state index is -2.81. The molecule has 0 saturated carbocycles. The van der Waals surface area contributed by atoms with Gasteiger partial charge in [0, 0.05) is 18.3 Å². The van der Waals surface area contributed by atoms with Gasteiger partial charge >= 0.3 is 0 Å². The highest BCUT2D eigenvalue weighted by Gasteiger charge is 2.05. The Morgan fingerprint density at radius 1 is 1.18 bits per heavy atom. The van der Waals surface area contributed by atoms with E-state index in [-0.39, 0.29) is 11.5 Å². The summed E-state index contributed by atoms with van der Waals surface area (Å²) in [5.41, 5.74) is 0. The summed E-state index contributed by atoms with van der Waals surface area (Å²) < 4.78 is 22.4. The van der Waals surface area contributed by atoms with Crippen LogP contribution in [0, 0.1) is 0 Å². The van der Waals surface area contributed by atoms with Crippen LogP contribution in [-0.4, -0.2) is 57.5 Å². The lowest BCUT2D eigenvalue weighted by Gasteiger charge is -2.20. The second-order valence-electron chi connectivity index (χ2n) is 4.77.